The number of ether oxygens (including phenoxy) is 1. The van der Waals surface area contributed by atoms with Gasteiger partial charge in [-0.15, -0.1) is 0 Å². The van der Waals surface area contributed by atoms with E-state index in [1.54, 1.807) is 24.3 Å². The Morgan fingerprint density at radius 3 is 2.52 bits per heavy atom. The minimum Gasteiger partial charge on any atom is -0.456 e. The second-order valence-electron chi connectivity index (χ2n) is 6.45. The van der Waals surface area contributed by atoms with Crippen molar-refractivity contribution in [2.24, 2.45) is 0 Å². The Balaban J connectivity index is 1.66. The smallest absolute Gasteiger partial charge is 0.456 e. The molecule has 0 aliphatic carbocycles. The first-order valence-corrected chi connectivity index (χ1v) is 8.69. The largest absolute Gasteiger partial charge is 0.534 e. The Morgan fingerprint density at radius 1 is 1.14 bits per heavy atom. The van der Waals surface area contributed by atoms with Gasteiger partial charge in [0.1, 0.15) is 17.3 Å². The SMILES string of the molecule is CC(OC(=O)ON1C(=O)CCC1=O)c1cc2c(cc1[N+](=O)[O-])oc1ccccc12. The van der Waals surface area contributed by atoms with Gasteiger partial charge in [0.2, 0.25) is 0 Å². The van der Waals surface area contributed by atoms with Gasteiger partial charge in [-0.3, -0.25) is 24.5 Å². The second-order valence-corrected chi connectivity index (χ2v) is 6.45. The van der Waals surface area contributed by atoms with Crippen molar-refractivity contribution in [3.8, 4) is 0 Å². The molecule has 1 aliphatic rings. The minimum absolute atomic E-state index is 0.0582. The van der Waals surface area contributed by atoms with Gasteiger partial charge in [0.05, 0.1) is 16.6 Å². The molecule has 1 unspecified atom stereocenters. The lowest BCUT2D eigenvalue weighted by molar-refractivity contribution is -0.386. The molecule has 1 fully saturated rings. The predicted molar refractivity (Wildman–Crippen MR) is 97.4 cm³/mol. The van der Waals surface area contributed by atoms with Crippen LogP contribution in [-0.2, 0) is 19.2 Å². The number of nitrogens with zero attached hydrogens (tertiary/aromatic N) is 2. The first-order chi connectivity index (χ1) is 13.8. The van der Waals surface area contributed by atoms with Gasteiger partial charge < -0.3 is 9.15 Å². The molecule has 0 saturated carbocycles. The summed E-state index contributed by atoms with van der Waals surface area (Å²) in [5.74, 6) is -1.31. The number of para-hydroxylation sites is 1. The third-order valence-electron chi connectivity index (χ3n) is 4.61. The number of hydroxylamine groups is 2. The Kier molecular flexibility index (Phi) is 4.38. The number of carbonyl (C=O) groups excluding carboxylic acids is 3. The molecule has 10 heteroatoms. The number of nitro groups is 1. The van der Waals surface area contributed by atoms with E-state index in [9.17, 15) is 24.5 Å². The molecule has 2 aromatic carbocycles. The van der Waals surface area contributed by atoms with Gasteiger partial charge in [0.25, 0.3) is 17.5 Å². The Hall–Kier alpha value is -3.95. The molecule has 1 aromatic heterocycles. The first kappa shape index (κ1) is 18.4. The van der Waals surface area contributed by atoms with E-state index in [1.807, 2.05) is 0 Å². The van der Waals surface area contributed by atoms with Crippen LogP contribution in [0, 0.1) is 10.1 Å². The molecule has 148 valence electrons. The number of furan rings is 1. The second kappa shape index (κ2) is 6.89. The molecule has 0 N–H and O–H groups in total. The average Bonchev–Trinajstić information content (AvgIpc) is 3.21. The maximum absolute atomic E-state index is 12.0. The third kappa shape index (κ3) is 3.24. The van der Waals surface area contributed by atoms with Crippen LogP contribution in [0.3, 0.4) is 0 Å². The van der Waals surface area contributed by atoms with E-state index < -0.39 is 29.0 Å². The van der Waals surface area contributed by atoms with Gasteiger partial charge in [0.15, 0.2) is 0 Å². The number of hydrogen-bond acceptors (Lipinski definition) is 8. The molecule has 10 nitrogen and oxygen atoms in total. The summed E-state index contributed by atoms with van der Waals surface area (Å²) in [5, 5.41) is 13.2. The van der Waals surface area contributed by atoms with E-state index in [0.29, 0.717) is 21.6 Å². The van der Waals surface area contributed by atoms with E-state index in [0.717, 1.165) is 5.39 Å². The topological polar surface area (TPSA) is 129 Å². The van der Waals surface area contributed by atoms with Crippen LogP contribution in [0.5, 0.6) is 0 Å². The monoisotopic (exact) mass is 398 g/mol. The van der Waals surface area contributed by atoms with Gasteiger partial charge in [-0.25, -0.2) is 4.79 Å². The van der Waals surface area contributed by atoms with Crippen molar-refractivity contribution in [2.75, 3.05) is 0 Å². The van der Waals surface area contributed by atoms with E-state index in [1.165, 1.54) is 19.1 Å². The van der Waals surface area contributed by atoms with Crippen LogP contribution in [0.1, 0.15) is 31.4 Å². The number of rotatable bonds is 4. The number of amides is 2. The molecule has 2 amide bonds. The van der Waals surface area contributed by atoms with Gasteiger partial charge in [0, 0.05) is 23.6 Å². The highest BCUT2D eigenvalue weighted by Gasteiger charge is 2.34. The zero-order valence-electron chi connectivity index (χ0n) is 15.1. The number of carbonyl (C=O) groups is 3. The van der Waals surface area contributed by atoms with Crippen molar-refractivity contribution in [3.05, 3.63) is 52.1 Å². The Labute approximate surface area is 162 Å². The molecule has 1 saturated heterocycles. The lowest BCUT2D eigenvalue weighted by atomic mass is 10.0. The standard InChI is InChI=1S/C19H14N2O8/c1-10(27-19(24)29-20-17(22)6-7-18(20)23)12-8-13-11-4-2-3-5-15(11)28-16(13)9-14(12)21(25)26/h2-5,8-10H,6-7H2,1H3. The van der Waals surface area contributed by atoms with Crippen LogP contribution in [0.2, 0.25) is 0 Å². The maximum Gasteiger partial charge on any atom is 0.534 e. The average molecular weight is 398 g/mol. The zero-order valence-corrected chi connectivity index (χ0v) is 15.1. The van der Waals surface area contributed by atoms with Gasteiger partial charge in [-0.05, 0) is 19.1 Å². The number of benzene rings is 2. The van der Waals surface area contributed by atoms with Gasteiger partial charge in [-0.2, -0.15) is 0 Å². The van der Waals surface area contributed by atoms with Crippen LogP contribution in [-0.4, -0.2) is 28.0 Å². The summed E-state index contributed by atoms with van der Waals surface area (Å²) < 4.78 is 10.7. The number of imide groups is 1. The van der Waals surface area contributed by atoms with Gasteiger partial charge in [-0.1, -0.05) is 23.3 Å². The van der Waals surface area contributed by atoms with Crippen molar-refractivity contribution < 1.29 is 33.3 Å². The molecule has 0 bridgehead atoms. The highest BCUT2D eigenvalue weighted by molar-refractivity contribution is 6.06. The molecule has 0 radical (unpaired) electrons. The zero-order chi connectivity index (χ0) is 20.7. The highest BCUT2D eigenvalue weighted by atomic mass is 16.8. The number of nitro benzene ring substituents is 1. The minimum atomic E-state index is -1.31. The lowest BCUT2D eigenvalue weighted by Crippen LogP contribution is -2.32. The fraction of sp³-hybridized carbons (Fsp3) is 0.211. The molecule has 29 heavy (non-hydrogen) atoms. The van der Waals surface area contributed by atoms with Crippen molar-refractivity contribution in [3.63, 3.8) is 0 Å². The Morgan fingerprint density at radius 2 is 1.83 bits per heavy atom. The van der Waals surface area contributed by atoms with Crippen molar-refractivity contribution in [2.45, 2.75) is 25.9 Å². The molecule has 0 spiro atoms. The Bertz CT molecular complexity index is 1170. The number of fused-ring (bicyclic) bond motifs is 3. The van der Waals surface area contributed by atoms with Gasteiger partial charge >= 0.3 is 6.16 Å². The summed E-state index contributed by atoms with van der Waals surface area (Å²) in [6, 6.07) is 9.92. The van der Waals surface area contributed by atoms with E-state index >= 15 is 0 Å². The summed E-state index contributed by atoms with van der Waals surface area (Å²) in [6.07, 6.45) is -2.52. The van der Waals surface area contributed by atoms with Crippen molar-refractivity contribution in [1.29, 1.82) is 0 Å². The summed E-state index contributed by atoms with van der Waals surface area (Å²) in [4.78, 5) is 50.6. The molecular formula is C19H14N2O8. The van der Waals surface area contributed by atoms with E-state index in [2.05, 4.69) is 4.84 Å². The molecule has 4 rings (SSSR count). The summed E-state index contributed by atoms with van der Waals surface area (Å²) >= 11 is 0. The summed E-state index contributed by atoms with van der Waals surface area (Å²) in [5.41, 5.74) is 0.702. The molecule has 1 aliphatic heterocycles. The summed E-state index contributed by atoms with van der Waals surface area (Å²) in [7, 11) is 0. The first-order valence-electron chi connectivity index (χ1n) is 8.69. The molecular weight excluding hydrogens is 384 g/mol. The van der Waals surface area contributed by atoms with Crippen LogP contribution in [0.4, 0.5) is 10.5 Å². The normalized spacial score (nSPS) is 15.1. The molecule has 3 aromatic rings. The lowest BCUT2D eigenvalue weighted by Gasteiger charge is -2.16. The quantitative estimate of drug-likeness (QED) is 0.281. The molecule has 1 atom stereocenters. The van der Waals surface area contributed by atoms with Crippen molar-refractivity contribution in [1.82, 2.24) is 5.06 Å². The van der Waals surface area contributed by atoms with Crippen LogP contribution in [0.15, 0.2) is 40.8 Å². The van der Waals surface area contributed by atoms with E-state index in [-0.39, 0.29) is 24.1 Å². The van der Waals surface area contributed by atoms with Crippen LogP contribution in [0.25, 0.3) is 21.9 Å². The van der Waals surface area contributed by atoms with Crippen LogP contribution < -0.4 is 0 Å². The fourth-order valence-electron chi connectivity index (χ4n) is 3.22. The predicted octanol–water partition coefficient (Wildman–Crippen LogP) is 3.77. The highest BCUT2D eigenvalue weighted by Crippen LogP contribution is 2.37. The number of hydrogen-bond donors (Lipinski definition) is 0. The fourth-order valence-corrected chi connectivity index (χ4v) is 3.22. The van der Waals surface area contributed by atoms with E-state index in [4.69, 9.17) is 9.15 Å². The third-order valence-corrected chi connectivity index (χ3v) is 4.61. The van der Waals surface area contributed by atoms with Crippen LogP contribution >= 0.6 is 0 Å². The van der Waals surface area contributed by atoms with Crippen molar-refractivity contribution >= 4 is 45.6 Å². The maximum atomic E-state index is 12.0. The summed E-state index contributed by atoms with van der Waals surface area (Å²) in [6.45, 7) is 1.42. The molecule has 2 heterocycles.